The van der Waals surface area contributed by atoms with E-state index in [-0.39, 0.29) is 0 Å². The van der Waals surface area contributed by atoms with Gasteiger partial charge in [-0.1, -0.05) is 42.6 Å². The van der Waals surface area contributed by atoms with Gasteiger partial charge in [0.1, 0.15) is 0 Å². The highest BCUT2D eigenvalue weighted by atomic mass is 79.9. The minimum absolute atomic E-state index is 0.694. The molecule has 0 saturated heterocycles. The molecule has 0 fully saturated rings. The number of unbranched alkanes of at least 4 members (excludes halogenated alkanes) is 2. The second-order valence-electron chi connectivity index (χ2n) is 3.81. The monoisotopic (exact) mass is 250 g/mol. The zero-order valence-corrected chi connectivity index (χ0v) is 10.8. The van der Waals surface area contributed by atoms with Crippen molar-refractivity contribution in [2.24, 2.45) is 5.92 Å². The van der Waals surface area contributed by atoms with Crippen LogP contribution in [0.1, 0.15) is 46.5 Å². The standard InChI is InChI=1S/C11H23BrO/c1-4-13-9-7-5-6-8-11(12)10(2)3/h10-11H,4-9H2,1-3H3. The molecule has 0 amide bonds. The molecule has 0 aromatic heterocycles. The van der Waals surface area contributed by atoms with Gasteiger partial charge >= 0.3 is 0 Å². The maximum atomic E-state index is 5.28. The van der Waals surface area contributed by atoms with E-state index in [9.17, 15) is 0 Å². The van der Waals surface area contributed by atoms with Gasteiger partial charge in [0.05, 0.1) is 0 Å². The number of ether oxygens (including phenoxy) is 1. The summed E-state index contributed by atoms with van der Waals surface area (Å²) in [6.45, 7) is 8.37. The van der Waals surface area contributed by atoms with Crippen molar-refractivity contribution in [1.29, 1.82) is 0 Å². The normalized spacial score (nSPS) is 13.6. The highest BCUT2D eigenvalue weighted by molar-refractivity contribution is 9.09. The zero-order chi connectivity index (χ0) is 10.1. The lowest BCUT2D eigenvalue weighted by atomic mass is 10.0. The van der Waals surface area contributed by atoms with Crippen LogP contribution < -0.4 is 0 Å². The van der Waals surface area contributed by atoms with Crippen LogP contribution in [0, 0.1) is 5.92 Å². The van der Waals surface area contributed by atoms with Gasteiger partial charge in [-0.2, -0.15) is 0 Å². The van der Waals surface area contributed by atoms with Crippen LogP contribution in [0.5, 0.6) is 0 Å². The van der Waals surface area contributed by atoms with E-state index >= 15 is 0 Å². The van der Waals surface area contributed by atoms with Crippen molar-refractivity contribution < 1.29 is 4.74 Å². The minimum atomic E-state index is 0.694. The molecule has 0 N–H and O–H groups in total. The van der Waals surface area contributed by atoms with E-state index in [0.29, 0.717) is 4.83 Å². The van der Waals surface area contributed by atoms with Gasteiger partial charge in [-0.25, -0.2) is 0 Å². The summed E-state index contributed by atoms with van der Waals surface area (Å²) in [6.07, 6.45) is 5.13. The van der Waals surface area contributed by atoms with Crippen molar-refractivity contribution in [1.82, 2.24) is 0 Å². The highest BCUT2D eigenvalue weighted by Gasteiger charge is 2.07. The first-order chi connectivity index (χ1) is 6.18. The summed E-state index contributed by atoms with van der Waals surface area (Å²) in [5.41, 5.74) is 0. The summed E-state index contributed by atoms with van der Waals surface area (Å²) in [5, 5.41) is 0. The van der Waals surface area contributed by atoms with E-state index < -0.39 is 0 Å². The highest BCUT2D eigenvalue weighted by Crippen LogP contribution is 2.18. The van der Waals surface area contributed by atoms with Crippen LogP contribution in [0.2, 0.25) is 0 Å². The molecule has 0 aliphatic rings. The average Bonchev–Trinajstić information content (AvgIpc) is 2.10. The van der Waals surface area contributed by atoms with Crippen LogP contribution in [-0.2, 0) is 4.74 Å². The van der Waals surface area contributed by atoms with Crippen molar-refractivity contribution in [2.45, 2.75) is 51.3 Å². The van der Waals surface area contributed by atoms with E-state index in [2.05, 4.69) is 29.8 Å². The predicted octanol–water partition coefficient (Wildman–Crippen LogP) is 4.00. The van der Waals surface area contributed by atoms with Crippen LogP contribution in [0.4, 0.5) is 0 Å². The first-order valence-corrected chi connectivity index (χ1v) is 6.31. The molecular formula is C11H23BrO. The third-order valence-electron chi connectivity index (χ3n) is 2.20. The molecule has 0 radical (unpaired) electrons. The Morgan fingerprint density at radius 3 is 2.38 bits per heavy atom. The van der Waals surface area contributed by atoms with Gasteiger partial charge in [0.2, 0.25) is 0 Å². The molecule has 0 heterocycles. The van der Waals surface area contributed by atoms with Crippen LogP contribution in [0.3, 0.4) is 0 Å². The lowest BCUT2D eigenvalue weighted by molar-refractivity contribution is 0.143. The first kappa shape index (κ1) is 13.4. The van der Waals surface area contributed by atoms with Crippen molar-refractivity contribution in [3.05, 3.63) is 0 Å². The molecule has 0 aromatic rings. The molecule has 0 rings (SSSR count). The Bertz CT molecular complexity index is 104. The summed E-state index contributed by atoms with van der Waals surface area (Å²) < 4.78 is 5.28. The molecule has 80 valence electrons. The van der Waals surface area contributed by atoms with E-state index in [0.717, 1.165) is 19.1 Å². The fourth-order valence-electron chi connectivity index (χ4n) is 1.20. The second kappa shape index (κ2) is 9.01. The molecule has 0 spiro atoms. The number of rotatable bonds is 8. The smallest absolute Gasteiger partial charge is 0.0465 e. The molecule has 13 heavy (non-hydrogen) atoms. The Morgan fingerprint density at radius 1 is 1.15 bits per heavy atom. The van der Waals surface area contributed by atoms with Gasteiger partial charge in [0, 0.05) is 18.0 Å². The number of hydrogen-bond acceptors (Lipinski definition) is 1. The zero-order valence-electron chi connectivity index (χ0n) is 9.18. The molecule has 1 unspecified atom stereocenters. The van der Waals surface area contributed by atoms with Gasteiger partial charge in [-0.3, -0.25) is 0 Å². The van der Waals surface area contributed by atoms with E-state index in [1.807, 2.05) is 6.92 Å². The van der Waals surface area contributed by atoms with Crippen molar-refractivity contribution >= 4 is 15.9 Å². The molecule has 0 bridgehead atoms. The lowest BCUT2D eigenvalue weighted by Gasteiger charge is -2.12. The van der Waals surface area contributed by atoms with E-state index in [1.54, 1.807) is 0 Å². The van der Waals surface area contributed by atoms with E-state index in [1.165, 1.54) is 25.7 Å². The molecular weight excluding hydrogens is 228 g/mol. The average molecular weight is 251 g/mol. The van der Waals surface area contributed by atoms with E-state index in [4.69, 9.17) is 4.74 Å². The SMILES string of the molecule is CCOCCCCCC(Br)C(C)C. The minimum Gasteiger partial charge on any atom is -0.382 e. The van der Waals surface area contributed by atoms with Gasteiger partial charge in [-0.05, 0) is 25.7 Å². The maximum absolute atomic E-state index is 5.28. The fraction of sp³-hybridized carbons (Fsp3) is 1.00. The molecule has 1 nitrogen and oxygen atoms in total. The summed E-state index contributed by atoms with van der Waals surface area (Å²) in [7, 11) is 0. The third kappa shape index (κ3) is 8.76. The first-order valence-electron chi connectivity index (χ1n) is 5.40. The largest absolute Gasteiger partial charge is 0.382 e. The topological polar surface area (TPSA) is 9.23 Å². The van der Waals surface area contributed by atoms with Gasteiger partial charge in [0.15, 0.2) is 0 Å². The Labute approximate surface area is 91.4 Å². The Balaban J connectivity index is 3.07. The van der Waals surface area contributed by atoms with Crippen molar-refractivity contribution in [2.75, 3.05) is 13.2 Å². The van der Waals surface area contributed by atoms with Crippen LogP contribution in [0.15, 0.2) is 0 Å². The second-order valence-corrected chi connectivity index (χ2v) is 4.98. The molecule has 0 aliphatic carbocycles. The van der Waals surface area contributed by atoms with Crippen molar-refractivity contribution in [3.8, 4) is 0 Å². The Hall–Kier alpha value is 0.440. The number of alkyl halides is 1. The summed E-state index contributed by atoms with van der Waals surface area (Å²) >= 11 is 3.69. The Morgan fingerprint density at radius 2 is 1.85 bits per heavy atom. The summed E-state index contributed by atoms with van der Waals surface area (Å²) in [6, 6.07) is 0. The van der Waals surface area contributed by atoms with Crippen molar-refractivity contribution in [3.63, 3.8) is 0 Å². The van der Waals surface area contributed by atoms with Gasteiger partial charge in [0.25, 0.3) is 0 Å². The molecule has 0 aliphatic heterocycles. The number of hydrogen-bond donors (Lipinski definition) is 0. The quantitative estimate of drug-likeness (QED) is 0.468. The molecule has 2 heteroatoms. The number of halogens is 1. The molecule has 0 aromatic carbocycles. The summed E-state index contributed by atoms with van der Waals surface area (Å²) in [5.74, 6) is 0.756. The maximum Gasteiger partial charge on any atom is 0.0465 e. The third-order valence-corrected chi connectivity index (χ3v) is 3.71. The van der Waals surface area contributed by atoms with Crippen LogP contribution in [-0.4, -0.2) is 18.0 Å². The van der Waals surface area contributed by atoms with Gasteiger partial charge in [-0.15, -0.1) is 0 Å². The molecule has 0 saturated carbocycles. The lowest BCUT2D eigenvalue weighted by Crippen LogP contribution is -2.06. The summed E-state index contributed by atoms with van der Waals surface area (Å²) in [4.78, 5) is 0.694. The fourth-order valence-corrected chi connectivity index (χ4v) is 1.52. The van der Waals surface area contributed by atoms with Crippen LogP contribution >= 0.6 is 15.9 Å². The van der Waals surface area contributed by atoms with Crippen LogP contribution in [0.25, 0.3) is 0 Å². The predicted molar refractivity (Wildman–Crippen MR) is 62.5 cm³/mol. The Kier molecular flexibility index (Phi) is 9.32. The van der Waals surface area contributed by atoms with Gasteiger partial charge < -0.3 is 4.74 Å². The molecule has 1 atom stereocenters.